The molecule has 3 nitrogen and oxygen atoms in total. The van der Waals surface area contributed by atoms with Crippen molar-refractivity contribution >= 4 is 6.72 Å². The number of aliphatic hydroxyl groups excluding tert-OH is 1. The Kier molecular flexibility index (Phi) is 4.90. The predicted molar refractivity (Wildman–Crippen MR) is 45.6 cm³/mol. The van der Waals surface area contributed by atoms with E-state index in [2.05, 4.69) is 18.3 Å². The Morgan fingerprint density at radius 1 is 1.73 bits per heavy atom. The summed E-state index contributed by atoms with van der Waals surface area (Å²) in [6.07, 6.45) is 2.21. The zero-order valence-corrected chi connectivity index (χ0v) is 6.71. The molecule has 0 spiro atoms. The Hall–Kier alpha value is -1.25. The second-order valence-electron chi connectivity index (χ2n) is 1.97. The van der Waals surface area contributed by atoms with Gasteiger partial charge in [-0.15, -0.1) is 0 Å². The average Bonchev–Trinajstić information content (AvgIpc) is 1.97. The van der Waals surface area contributed by atoms with Crippen LogP contribution in [0, 0.1) is 0 Å². The molecule has 0 unspecified atom stereocenters. The Morgan fingerprint density at radius 2 is 2.36 bits per heavy atom. The Balaban J connectivity index is 4.00. The van der Waals surface area contributed by atoms with Crippen molar-refractivity contribution in [1.29, 1.82) is 0 Å². The Bertz CT molecular complexity index is 173. The molecule has 11 heavy (non-hydrogen) atoms. The number of hydrogen-bond donors (Lipinski definition) is 1. The summed E-state index contributed by atoms with van der Waals surface area (Å²) in [5.41, 5.74) is 0. The molecule has 0 amide bonds. The summed E-state index contributed by atoms with van der Waals surface area (Å²) in [5, 5.41) is 8.89. The van der Waals surface area contributed by atoms with Crippen molar-refractivity contribution in [3.8, 4) is 0 Å². The lowest BCUT2D eigenvalue weighted by Gasteiger charge is -2.05. The van der Waals surface area contributed by atoms with Gasteiger partial charge >= 0.3 is 0 Å². The van der Waals surface area contributed by atoms with Crippen LogP contribution in [0.3, 0.4) is 0 Å². The fourth-order valence-corrected chi connectivity index (χ4v) is 0.490. The molecule has 62 valence electrons. The van der Waals surface area contributed by atoms with Gasteiger partial charge in [-0.2, -0.15) is 0 Å². The van der Waals surface area contributed by atoms with Crippen molar-refractivity contribution in [2.75, 3.05) is 6.61 Å². The highest BCUT2D eigenvalue weighted by molar-refractivity contribution is 5.28. The van der Waals surface area contributed by atoms with Crippen LogP contribution in [0.1, 0.15) is 13.3 Å². The molecule has 0 saturated carbocycles. The van der Waals surface area contributed by atoms with Crippen LogP contribution >= 0.6 is 0 Å². The molecule has 0 fully saturated rings. The third-order valence-electron chi connectivity index (χ3n) is 0.955. The number of nitrogens with zero attached hydrogens (tertiary/aromatic N) is 1. The highest BCUT2D eigenvalue weighted by Crippen LogP contribution is 2.06. The SMILES string of the molecule is C=N/C=C(/OCCC)C(=C)O. The minimum Gasteiger partial charge on any atom is -0.505 e. The van der Waals surface area contributed by atoms with Gasteiger partial charge in [0.25, 0.3) is 0 Å². The van der Waals surface area contributed by atoms with Crippen molar-refractivity contribution in [3.05, 3.63) is 24.3 Å². The van der Waals surface area contributed by atoms with Gasteiger partial charge in [0, 0.05) is 0 Å². The van der Waals surface area contributed by atoms with E-state index < -0.39 is 0 Å². The van der Waals surface area contributed by atoms with Crippen molar-refractivity contribution < 1.29 is 9.84 Å². The first-order chi connectivity index (χ1) is 5.22. The molecule has 0 bridgehead atoms. The van der Waals surface area contributed by atoms with E-state index in [1.165, 1.54) is 6.20 Å². The van der Waals surface area contributed by atoms with Crippen LogP contribution in [0.2, 0.25) is 0 Å². The van der Waals surface area contributed by atoms with Crippen molar-refractivity contribution in [1.82, 2.24) is 0 Å². The summed E-state index contributed by atoms with van der Waals surface area (Å²) in [5.74, 6) is 0.160. The molecule has 0 aromatic rings. The van der Waals surface area contributed by atoms with E-state index in [1.807, 2.05) is 6.92 Å². The lowest BCUT2D eigenvalue weighted by atomic mass is 10.4. The topological polar surface area (TPSA) is 41.8 Å². The molecule has 0 rings (SSSR count). The fourth-order valence-electron chi connectivity index (χ4n) is 0.490. The van der Waals surface area contributed by atoms with Crippen molar-refractivity contribution in [3.63, 3.8) is 0 Å². The zero-order chi connectivity index (χ0) is 8.69. The fraction of sp³-hybridized carbons (Fsp3) is 0.375. The summed E-state index contributed by atoms with van der Waals surface area (Å²) in [6, 6.07) is 0. The van der Waals surface area contributed by atoms with E-state index in [0.29, 0.717) is 6.61 Å². The molecular formula is C8H13NO2. The molecule has 0 saturated heterocycles. The van der Waals surface area contributed by atoms with E-state index in [0.717, 1.165) is 6.42 Å². The first-order valence-electron chi connectivity index (χ1n) is 3.39. The average molecular weight is 155 g/mol. The number of rotatable bonds is 5. The van der Waals surface area contributed by atoms with Crippen LogP contribution in [-0.4, -0.2) is 18.4 Å². The molecule has 0 aliphatic carbocycles. The normalized spacial score (nSPS) is 10.8. The van der Waals surface area contributed by atoms with E-state index >= 15 is 0 Å². The maximum absolute atomic E-state index is 8.89. The van der Waals surface area contributed by atoms with Gasteiger partial charge in [0.15, 0.2) is 11.5 Å². The number of hydrogen-bond acceptors (Lipinski definition) is 3. The summed E-state index contributed by atoms with van der Waals surface area (Å²) < 4.78 is 5.07. The molecule has 0 radical (unpaired) electrons. The lowest BCUT2D eigenvalue weighted by Crippen LogP contribution is -1.95. The molecule has 0 aromatic carbocycles. The molecule has 0 aliphatic heterocycles. The Morgan fingerprint density at radius 3 is 2.73 bits per heavy atom. The molecule has 0 aromatic heterocycles. The number of ether oxygens (including phenoxy) is 1. The monoisotopic (exact) mass is 155 g/mol. The van der Waals surface area contributed by atoms with Gasteiger partial charge < -0.3 is 9.84 Å². The zero-order valence-electron chi connectivity index (χ0n) is 6.71. The van der Waals surface area contributed by atoms with Crippen LogP contribution in [0.5, 0.6) is 0 Å². The maximum Gasteiger partial charge on any atom is 0.178 e. The van der Waals surface area contributed by atoms with Gasteiger partial charge in [0.1, 0.15) is 0 Å². The van der Waals surface area contributed by atoms with Gasteiger partial charge in [-0.25, -0.2) is 0 Å². The molecule has 0 atom stereocenters. The second kappa shape index (κ2) is 5.53. The summed E-state index contributed by atoms with van der Waals surface area (Å²) in [4.78, 5) is 3.45. The largest absolute Gasteiger partial charge is 0.505 e. The molecular weight excluding hydrogens is 142 g/mol. The Labute approximate surface area is 66.7 Å². The molecule has 0 aliphatic rings. The van der Waals surface area contributed by atoms with Gasteiger partial charge in [-0.05, 0) is 13.1 Å². The van der Waals surface area contributed by atoms with Crippen LogP contribution in [0.25, 0.3) is 0 Å². The van der Waals surface area contributed by atoms with Crippen molar-refractivity contribution in [2.24, 2.45) is 4.99 Å². The molecule has 3 heteroatoms. The number of aliphatic hydroxyl groups is 1. The number of aliphatic imine (C=N–C) groups is 1. The van der Waals surface area contributed by atoms with E-state index in [1.54, 1.807) is 0 Å². The standard InChI is InChI=1S/C8H13NO2/c1-4-5-11-8(6-9-3)7(2)10/h6,10H,2-5H2,1H3/b8-6+. The first-order valence-corrected chi connectivity index (χ1v) is 3.39. The minimum absolute atomic E-state index is 0.120. The van der Waals surface area contributed by atoms with Gasteiger partial charge in [0.05, 0.1) is 12.8 Å². The van der Waals surface area contributed by atoms with Crippen molar-refractivity contribution in [2.45, 2.75) is 13.3 Å². The second-order valence-corrected chi connectivity index (χ2v) is 1.97. The van der Waals surface area contributed by atoms with Crippen LogP contribution in [-0.2, 0) is 4.74 Å². The van der Waals surface area contributed by atoms with Gasteiger partial charge in [0.2, 0.25) is 0 Å². The highest BCUT2D eigenvalue weighted by atomic mass is 16.5. The van der Waals surface area contributed by atoms with Gasteiger partial charge in [-0.1, -0.05) is 13.5 Å². The van der Waals surface area contributed by atoms with E-state index in [4.69, 9.17) is 9.84 Å². The molecule has 1 N–H and O–H groups in total. The quantitative estimate of drug-likeness (QED) is 0.375. The molecule has 0 heterocycles. The maximum atomic E-state index is 8.89. The summed E-state index contributed by atoms with van der Waals surface area (Å²) in [7, 11) is 0. The third kappa shape index (κ3) is 4.19. The highest BCUT2D eigenvalue weighted by Gasteiger charge is 1.99. The van der Waals surface area contributed by atoms with Gasteiger partial charge in [-0.3, -0.25) is 4.99 Å². The minimum atomic E-state index is -0.120. The van der Waals surface area contributed by atoms with E-state index in [9.17, 15) is 0 Å². The lowest BCUT2D eigenvalue weighted by molar-refractivity contribution is 0.194. The van der Waals surface area contributed by atoms with Crippen LogP contribution < -0.4 is 0 Å². The summed E-state index contributed by atoms with van der Waals surface area (Å²) >= 11 is 0. The summed E-state index contributed by atoms with van der Waals surface area (Å²) in [6.45, 7) is 9.05. The first kappa shape index (κ1) is 9.75. The predicted octanol–water partition coefficient (Wildman–Crippen LogP) is 2.03. The van der Waals surface area contributed by atoms with Crippen LogP contribution in [0.15, 0.2) is 29.3 Å². The van der Waals surface area contributed by atoms with Crippen LogP contribution in [0.4, 0.5) is 0 Å². The van der Waals surface area contributed by atoms with E-state index in [-0.39, 0.29) is 11.5 Å². The smallest absolute Gasteiger partial charge is 0.178 e. The third-order valence-corrected chi connectivity index (χ3v) is 0.955.